The number of rotatable bonds is 10. The molecule has 0 aliphatic heterocycles. The van der Waals surface area contributed by atoms with Gasteiger partial charge in [0.15, 0.2) is 11.3 Å². The average molecular weight is 347 g/mol. The van der Waals surface area contributed by atoms with E-state index in [1.807, 2.05) is 30.3 Å². The number of benzene rings is 1. The molecule has 2 atom stereocenters. The second kappa shape index (κ2) is 9.89. The number of nitrogens with one attached hydrogen (secondary N) is 1. The van der Waals surface area contributed by atoms with Crippen LogP contribution in [0.3, 0.4) is 0 Å². The van der Waals surface area contributed by atoms with Crippen molar-refractivity contribution in [3.05, 3.63) is 54.9 Å². The number of carbonyl (C=O) groups excluding carboxylic acids is 1. The number of nitrogens with zero attached hydrogens (tertiary/aromatic N) is 2. The molecule has 2 unspecified atom stereocenters. The standard InChI is InChI=1S/C17H21N3O3S/c1-3-4-10-22-13(2)16(21)23-15(14-8-6-5-7-9-14)11-24-17-18-12-19-20-17/h3,5-9,12-13,15H,1,4,10-11H2,2H3,(H,18,19,20). The first-order valence-corrected chi connectivity index (χ1v) is 8.65. The van der Waals surface area contributed by atoms with E-state index in [4.69, 9.17) is 9.47 Å². The molecule has 0 saturated heterocycles. The Hall–Kier alpha value is -2.12. The van der Waals surface area contributed by atoms with E-state index in [9.17, 15) is 4.79 Å². The van der Waals surface area contributed by atoms with E-state index in [0.29, 0.717) is 23.9 Å². The maximum atomic E-state index is 12.3. The van der Waals surface area contributed by atoms with Gasteiger partial charge in [0.1, 0.15) is 12.4 Å². The highest BCUT2D eigenvalue weighted by Crippen LogP contribution is 2.25. The largest absolute Gasteiger partial charge is 0.455 e. The fourth-order valence-corrected chi connectivity index (χ4v) is 2.73. The Balaban J connectivity index is 1.97. The lowest BCUT2D eigenvalue weighted by Gasteiger charge is -2.20. The third kappa shape index (κ3) is 5.82. The summed E-state index contributed by atoms with van der Waals surface area (Å²) in [5, 5.41) is 7.28. The third-order valence-corrected chi connectivity index (χ3v) is 4.16. The molecule has 6 nitrogen and oxygen atoms in total. The summed E-state index contributed by atoms with van der Waals surface area (Å²) in [6.07, 6.45) is 2.88. The topological polar surface area (TPSA) is 77.1 Å². The van der Waals surface area contributed by atoms with Crippen molar-refractivity contribution in [3.8, 4) is 0 Å². The van der Waals surface area contributed by atoms with Gasteiger partial charge in [-0.05, 0) is 18.9 Å². The van der Waals surface area contributed by atoms with Crippen LogP contribution in [-0.4, -0.2) is 39.6 Å². The minimum Gasteiger partial charge on any atom is -0.455 e. The second-order valence-corrected chi connectivity index (χ2v) is 6.04. The first-order chi connectivity index (χ1) is 11.7. The fraction of sp³-hybridized carbons (Fsp3) is 0.353. The first kappa shape index (κ1) is 18.2. The van der Waals surface area contributed by atoms with Gasteiger partial charge in [0.05, 0.1) is 6.61 Å². The van der Waals surface area contributed by atoms with Crippen LogP contribution in [0.5, 0.6) is 0 Å². The normalized spacial score (nSPS) is 13.2. The fourth-order valence-electron chi connectivity index (χ4n) is 1.92. The molecule has 1 aromatic heterocycles. The number of aromatic amines is 1. The lowest BCUT2D eigenvalue weighted by molar-refractivity contribution is -0.160. The van der Waals surface area contributed by atoms with Crippen molar-refractivity contribution < 1.29 is 14.3 Å². The van der Waals surface area contributed by atoms with E-state index in [1.54, 1.807) is 13.0 Å². The van der Waals surface area contributed by atoms with Crippen molar-refractivity contribution in [1.29, 1.82) is 0 Å². The molecule has 7 heteroatoms. The van der Waals surface area contributed by atoms with Crippen LogP contribution in [0.1, 0.15) is 25.0 Å². The van der Waals surface area contributed by atoms with Crippen molar-refractivity contribution >= 4 is 17.7 Å². The number of ether oxygens (including phenoxy) is 2. The van der Waals surface area contributed by atoms with E-state index in [1.165, 1.54) is 18.1 Å². The van der Waals surface area contributed by atoms with Crippen LogP contribution in [0.4, 0.5) is 0 Å². The number of hydrogen-bond donors (Lipinski definition) is 1. The van der Waals surface area contributed by atoms with Crippen LogP contribution < -0.4 is 0 Å². The van der Waals surface area contributed by atoms with Crippen molar-refractivity contribution in [3.63, 3.8) is 0 Å². The first-order valence-electron chi connectivity index (χ1n) is 7.66. The van der Waals surface area contributed by atoms with Crippen molar-refractivity contribution in [2.24, 2.45) is 0 Å². The summed E-state index contributed by atoms with van der Waals surface area (Å²) in [6.45, 7) is 5.76. The molecular weight excluding hydrogens is 326 g/mol. The highest BCUT2D eigenvalue weighted by atomic mass is 32.2. The number of aromatic nitrogens is 3. The van der Waals surface area contributed by atoms with Crippen molar-refractivity contribution in [1.82, 2.24) is 15.2 Å². The van der Waals surface area contributed by atoms with Gasteiger partial charge in [-0.2, -0.15) is 5.10 Å². The number of H-pyrrole nitrogens is 1. The molecule has 1 heterocycles. The quantitative estimate of drug-likeness (QED) is 0.308. The highest BCUT2D eigenvalue weighted by molar-refractivity contribution is 7.99. The summed E-state index contributed by atoms with van der Waals surface area (Å²) in [5.74, 6) is 0.149. The van der Waals surface area contributed by atoms with Crippen molar-refractivity contribution in [2.75, 3.05) is 12.4 Å². The molecular formula is C17H21N3O3S. The molecule has 0 spiro atoms. The molecule has 1 aromatic carbocycles. The summed E-state index contributed by atoms with van der Waals surface area (Å²) in [4.78, 5) is 16.3. The molecule has 2 rings (SSSR count). The average Bonchev–Trinajstić information content (AvgIpc) is 3.12. The van der Waals surface area contributed by atoms with Gasteiger partial charge in [-0.25, -0.2) is 9.78 Å². The van der Waals surface area contributed by atoms with Gasteiger partial charge in [0, 0.05) is 5.75 Å². The SMILES string of the molecule is C=CCCOC(C)C(=O)OC(CSc1ncn[nH]1)c1ccccc1. The van der Waals surface area contributed by atoms with Gasteiger partial charge in [0.25, 0.3) is 0 Å². The summed E-state index contributed by atoms with van der Waals surface area (Å²) in [5.41, 5.74) is 0.927. The maximum absolute atomic E-state index is 12.3. The molecule has 0 aliphatic rings. The highest BCUT2D eigenvalue weighted by Gasteiger charge is 2.22. The summed E-state index contributed by atoms with van der Waals surface area (Å²) in [7, 11) is 0. The van der Waals surface area contributed by atoms with Gasteiger partial charge in [-0.3, -0.25) is 5.10 Å². The Labute approximate surface area is 145 Å². The molecule has 0 radical (unpaired) electrons. The molecule has 24 heavy (non-hydrogen) atoms. The van der Waals surface area contributed by atoms with Crippen LogP contribution in [0.15, 0.2) is 54.5 Å². The summed E-state index contributed by atoms with van der Waals surface area (Å²) < 4.78 is 11.1. The zero-order valence-corrected chi connectivity index (χ0v) is 14.4. The summed E-state index contributed by atoms with van der Waals surface area (Å²) in [6, 6.07) is 9.62. The lowest BCUT2D eigenvalue weighted by atomic mass is 10.1. The van der Waals surface area contributed by atoms with E-state index >= 15 is 0 Å². The molecule has 0 saturated carbocycles. The zero-order chi connectivity index (χ0) is 17.2. The predicted molar refractivity (Wildman–Crippen MR) is 92.6 cm³/mol. The Morgan fingerprint density at radius 2 is 2.21 bits per heavy atom. The monoisotopic (exact) mass is 347 g/mol. The van der Waals surface area contributed by atoms with Crippen molar-refractivity contribution in [2.45, 2.75) is 30.7 Å². The number of esters is 1. The van der Waals surface area contributed by atoms with Gasteiger partial charge >= 0.3 is 5.97 Å². The Morgan fingerprint density at radius 3 is 2.88 bits per heavy atom. The molecule has 0 fully saturated rings. The van der Waals surface area contributed by atoms with Crippen LogP contribution in [-0.2, 0) is 14.3 Å². The third-order valence-electron chi connectivity index (χ3n) is 3.22. The minimum atomic E-state index is -0.619. The van der Waals surface area contributed by atoms with Crippen LogP contribution in [0.25, 0.3) is 0 Å². The molecule has 128 valence electrons. The van der Waals surface area contributed by atoms with Crippen LogP contribution in [0.2, 0.25) is 0 Å². The molecule has 2 aromatic rings. The smallest absolute Gasteiger partial charge is 0.335 e. The van der Waals surface area contributed by atoms with Gasteiger partial charge in [-0.1, -0.05) is 48.2 Å². The number of thioether (sulfide) groups is 1. The molecule has 0 bridgehead atoms. The Morgan fingerprint density at radius 1 is 1.42 bits per heavy atom. The van der Waals surface area contributed by atoms with E-state index < -0.39 is 6.10 Å². The Bertz CT molecular complexity index is 619. The van der Waals surface area contributed by atoms with E-state index in [0.717, 1.165) is 5.56 Å². The van der Waals surface area contributed by atoms with Crippen LogP contribution in [0, 0.1) is 0 Å². The van der Waals surface area contributed by atoms with Gasteiger partial charge in [-0.15, -0.1) is 6.58 Å². The lowest BCUT2D eigenvalue weighted by Crippen LogP contribution is -2.26. The molecule has 0 amide bonds. The zero-order valence-electron chi connectivity index (χ0n) is 13.6. The van der Waals surface area contributed by atoms with Gasteiger partial charge in [0.2, 0.25) is 0 Å². The maximum Gasteiger partial charge on any atom is 0.335 e. The molecule has 1 N–H and O–H groups in total. The minimum absolute atomic E-state index is 0.383. The molecule has 0 aliphatic carbocycles. The van der Waals surface area contributed by atoms with Crippen LogP contribution >= 0.6 is 11.8 Å². The Kier molecular flexibility index (Phi) is 7.51. The second-order valence-electron chi connectivity index (χ2n) is 5.03. The summed E-state index contributed by atoms with van der Waals surface area (Å²) >= 11 is 1.44. The van der Waals surface area contributed by atoms with E-state index in [2.05, 4.69) is 21.8 Å². The van der Waals surface area contributed by atoms with Gasteiger partial charge < -0.3 is 9.47 Å². The predicted octanol–water partition coefficient (Wildman–Crippen LogP) is 3.16. The van der Waals surface area contributed by atoms with E-state index in [-0.39, 0.29) is 12.1 Å². The number of hydrogen-bond acceptors (Lipinski definition) is 6. The number of carbonyl (C=O) groups is 1.